The molecule has 0 saturated heterocycles. The fourth-order valence-corrected chi connectivity index (χ4v) is 2.73. The molecule has 90 valence electrons. The Morgan fingerprint density at radius 2 is 1.81 bits per heavy atom. The molecule has 1 rings (SSSR count). The van der Waals surface area contributed by atoms with Crippen LogP contribution in [0.25, 0.3) is 0 Å². The average Bonchev–Trinajstić information content (AvgIpc) is 2.26. The van der Waals surface area contributed by atoms with Gasteiger partial charge in [0.25, 0.3) is 0 Å². The number of halogens is 2. The summed E-state index contributed by atoms with van der Waals surface area (Å²) in [6.45, 7) is 1.30. The molecule has 0 aromatic heterocycles. The number of methoxy groups -OCH3 is 1. The highest BCUT2D eigenvalue weighted by Gasteiger charge is 2.08. The molecule has 0 atom stereocenters. The second-order valence-corrected chi connectivity index (χ2v) is 4.95. The van der Waals surface area contributed by atoms with Gasteiger partial charge >= 0.3 is 0 Å². The molecule has 1 aromatic rings. The fourth-order valence-electron chi connectivity index (χ4n) is 1.22. The Morgan fingerprint density at radius 1 is 1.19 bits per heavy atom. The topological polar surface area (TPSA) is 38.7 Å². The van der Waals surface area contributed by atoms with Crippen molar-refractivity contribution in [1.29, 1.82) is 0 Å². The van der Waals surface area contributed by atoms with E-state index in [0.29, 0.717) is 13.2 Å². The molecule has 0 unspecified atom stereocenters. The normalized spacial score (nSPS) is 10.5. The maximum absolute atomic E-state index is 9.02. The monoisotopic (exact) mass is 352 g/mol. The van der Waals surface area contributed by atoms with Gasteiger partial charge in [0.1, 0.15) is 5.75 Å². The third-order valence-corrected chi connectivity index (χ3v) is 3.16. The van der Waals surface area contributed by atoms with Gasteiger partial charge in [-0.15, -0.1) is 0 Å². The molecule has 0 aliphatic rings. The third kappa shape index (κ3) is 4.05. The van der Waals surface area contributed by atoms with Gasteiger partial charge in [-0.3, -0.25) is 0 Å². The van der Waals surface area contributed by atoms with E-state index in [4.69, 9.17) is 14.6 Å². The van der Waals surface area contributed by atoms with Crippen molar-refractivity contribution in [3.05, 3.63) is 26.6 Å². The molecule has 0 spiro atoms. The number of hydrogen-bond acceptors (Lipinski definition) is 3. The van der Waals surface area contributed by atoms with Gasteiger partial charge in [-0.2, -0.15) is 0 Å². The Labute approximate surface area is 112 Å². The summed E-state index contributed by atoms with van der Waals surface area (Å²) in [5.41, 5.74) is 0.836. The van der Waals surface area contributed by atoms with Crippen LogP contribution in [0.15, 0.2) is 21.1 Å². The molecule has 5 heteroatoms. The molecular formula is C11H14Br2O3. The van der Waals surface area contributed by atoms with Crippen LogP contribution in [0.5, 0.6) is 5.75 Å². The summed E-state index contributed by atoms with van der Waals surface area (Å²) in [7, 11) is 1.67. The van der Waals surface area contributed by atoms with Crippen molar-refractivity contribution in [2.75, 3.05) is 20.3 Å². The highest BCUT2D eigenvalue weighted by Crippen LogP contribution is 2.34. The van der Waals surface area contributed by atoms with Crippen molar-refractivity contribution in [3.8, 4) is 5.75 Å². The van der Waals surface area contributed by atoms with Crippen molar-refractivity contribution < 1.29 is 14.6 Å². The predicted molar refractivity (Wildman–Crippen MR) is 69.8 cm³/mol. The minimum atomic E-state index is 0.0150. The van der Waals surface area contributed by atoms with E-state index in [1.165, 1.54) is 0 Å². The molecule has 1 aromatic carbocycles. The van der Waals surface area contributed by atoms with E-state index in [1.807, 2.05) is 12.1 Å². The Morgan fingerprint density at radius 3 is 2.31 bits per heavy atom. The van der Waals surface area contributed by atoms with Gasteiger partial charge < -0.3 is 14.6 Å². The Kier molecular flexibility index (Phi) is 6.34. The van der Waals surface area contributed by atoms with E-state index in [9.17, 15) is 0 Å². The number of aliphatic hydroxyl groups excluding tert-OH is 1. The first-order chi connectivity index (χ1) is 7.69. The largest absolute Gasteiger partial charge is 0.491 e. The lowest BCUT2D eigenvalue weighted by molar-refractivity contribution is 0.171. The first-order valence-electron chi connectivity index (χ1n) is 4.89. The van der Waals surface area contributed by atoms with Gasteiger partial charge in [0.2, 0.25) is 0 Å². The second-order valence-electron chi connectivity index (χ2n) is 3.24. The standard InChI is InChI=1S/C11H14Br2O3/c1-15-3-2-4-16-11-9(12)5-8(7-14)6-10(11)13/h5-6,14H,2-4,7H2,1H3. The van der Waals surface area contributed by atoms with Gasteiger partial charge in [-0.1, -0.05) is 0 Å². The van der Waals surface area contributed by atoms with E-state index in [1.54, 1.807) is 7.11 Å². The zero-order chi connectivity index (χ0) is 12.0. The molecule has 0 saturated carbocycles. The maximum atomic E-state index is 9.02. The van der Waals surface area contributed by atoms with Crippen LogP contribution in [-0.4, -0.2) is 25.4 Å². The van der Waals surface area contributed by atoms with Gasteiger partial charge in [0.15, 0.2) is 0 Å². The molecule has 3 nitrogen and oxygen atoms in total. The molecule has 0 aliphatic carbocycles. The summed E-state index contributed by atoms with van der Waals surface area (Å²) in [5.74, 6) is 0.758. The summed E-state index contributed by atoms with van der Waals surface area (Å²) in [4.78, 5) is 0. The van der Waals surface area contributed by atoms with Crippen LogP contribution in [0.3, 0.4) is 0 Å². The van der Waals surface area contributed by atoms with Crippen LogP contribution in [-0.2, 0) is 11.3 Å². The Balaban J connectivity index is 2.65. The van der Waals surface area contributed by atoms with Crippen molar-refractivity contribution in [2.45, 2.75) is 13.0 Å². The first-order valence-corrected chi connectivity index (χ1v) is 6.48. The molecule has 0 heterocycles. The van der Waals surface area contributed by atoms with E-state index in [-0.39, 0.29) is 6.61 Å². The van der Waals surface area contributed by atoms with Crippen LogP contribution in [0.4, 0.5) is 0 Å². The number of benzene rings is 1. The lowest BCUT2D eigenvalue weighted by Crippen LogP contribution is -2.02. The lowest BCUT2D eigenvalue weighted by Gasteiger charge is -2.11. The minimum Gasteiger partial charge on any atom is -0.491 e. The number of rotatable bonds is 6. The summed E-state index contributed by atoms with van der Waals surface area (Å²) in [5, 5.41) is 9.02. The molecule has 0 bridgehead atoms. The van der Waals surface area contributed by atoms with Gasteiger partial charge in [-0.25, -0.2) is 0 Å². The van der Waals surface area contributed by atoms with E-state index in [2.05, 4.69) is 31.9 Å². The van der Waals surface area contributed by atoms with Crippen LogP contribution in [0.2, 0.25) is 0 Å². The molecule has 1 N–H and O–H groups in total. The highest BCUT2D eigenvalue weighted by atomic mass is 79.9. The van der Waals surface area contributed by atoms with E-state index in [0.717, 1.165) is 26.7 Å². The fraction of sp³-hybridized carbons (Fsp3) is 0.455. The molecule has 16 heavy (non-hydrogen) atoms. The maximum Gasteiger partial charge on any atom is 0.147 e. The van der Waals surface area contributed by atoms with Crippen molar-refractivity contribution in [2.24, 2.45) is 0 Å². The average molecular weight is 354 g/mol. The SMILES string of the molecule is COCCCOc1c(Br)cc(CO)cc1Br. The Hall–Kier alpha value is -0.100. The minimum absolute atomic E-state index is 0.0150. The summed E-state index contributed by atoms with van der Waals surface area (Å²) < 4.78 is 12.2. The third-order valence-electron chi connectivity index (χ3n) is 1.98. The Bertz CT molecular complexity index is 319. The highest BCUT2D eigenvalue weighted by molar-refractivity contribution is 9.11. The number of ether oxygens (including phenoxy) is 2. The zero-order valence-corrected chi connectivity index (χ0v) is 12.2. The quantitative estimate of drug-likeness (QED) is 0.798. The summed E-state index contributed by atoms with van der Waals surface area (Å²) in [6, 6.07) is 3.69. The van der Waals surface area contributed by atoms with Crippen LogP contribution in [0, 0.1) is 0 Å². The summed E-state index contributed by atoms with van der Waals surface area (Å²) >= 11 is 6.82. The van der Waals surface area contributed by atoms with Gasteiger partial charge in [0.05, 0.1) is 22.2 Å². The molecule has 0 fully saturated rings. The molecular weight excluding hydrogens is 340 g/mol. The van der Waals surface area contributed by atoms with E-state index >= 15 is 0 Å². The van der Waals surface area contributed by atoms with Crippen LogP contribution < -0.4 is 4.74 Å². The van der Waals surface area contributed by atoms with Gasteiger partial charge in [0, 0.05) is 20.1 Å². The van der Waals surface area contributed by atoms with Crippen molar-refractivity contribution in [1.82, 2.24) is 0 Å². The van der Waals surface area contributed by atoms with Crippen LogP contribution in [0.1, 0.15) is 12.0 Å². The van der Waals surface area contributed by atoms with Crippen LogP contribution >= 0.6 is 31.9 Å². The summed E-state index contributed by atoms with van der Waals surface area (Å²) in [6.07, 6.45) is 0.844. The number of hydrogen-bond donors (Lipinski definition) is 1. The molecule has 0 radical (unpaired) electrons. The van der Waals surface area contributed by atoms with E-state index < -0.39 is 0 Å². The first kappa shape index (κ1) is 14.0. The van der Waals surface area contributed by atoms with Crippen molar-refractivity contribution >= 4 is 31.9 Å². The zero-order valence-electron chi connectivity index (χ0n) is 9.00. The molecule has 0 aliphatic heterocycles. The van der Waals surface area contributed by atoms with Crippen molar-refractivity contribution in [3.63, 3.8) is 0 Å². The number of aliphatic hydroxyl groups is 1. The smallest absolute Gasteiger partial charge is 0.147 e. The second kappa shape index (κ2) is 7.27. The lowest BCUT2D eigenvalue weighted by atomic mass is 10.2. The van der Waals surface area contributed by atoms with Gasteiger partial charge in [-0.05, 0) is 49.6 Å². The molecule has 0 amide bonds. The predicted octanol–water partition coefficient (Wildman–Crippen LogP) is 3.12.